The van der Waals surface area contributed by atoms with Crippen molar-refractivity contribution in [3.8, 4) is 11.5 Å². The summed E-state index contributed by atoms with van der Waals surface area (Å²) in [7, 11) is 1.74. The van der Waals surface area contributed by atoms with Crippen LogP contribution in [-0.2, 0) is 11.5 Å². The molecule has 27 heavy (non-hydrogen) atoms. The Bertz CT molecular complexity index is 673. The van der Waals surface area contributed by atoms with E-state index in [2.05, 4.69) is 25.6 Å². The molecule has 9 heteroatoms. The molecule has 0 unspecified atom stereocenters. The zero-order valence-corrected chi connectivity index (χ0v) is 16.9. The number of nitrogens with one attached hydrogen (secondary N) is 2. The van der Waals surface area contributed by atoms with E-state index < -0.39 is 0 Å². The number of thioether (sulfide) groups is 2. The van der Waals surface area contributed by atoms with E-state index >= 15 is 0 Å². The van der Waals surface area contributed by atoms with Crippen LogP contribution in [0.5, 0.6) is 11.5 Å². The summed E-state index contributed by atoms with van der Waals surface area (Å²) in [6, 6.07) is 6.75. The van der Waals surface area contributed by atoms with Crippen molar-refractivity contribution in [1.29, 1.82) is 0 Å². The summed E-state index contributed by atoms with van der Waals surface area (Å²) in [5.41, 5.74) is 1.42. The van der Waals surface area contributed by atoms with Gasteiger partial charge in [-0.25, -0.2) is 0 Å². The molecule has 2 heterocycles. The lowest BCUT2D eigenvalue weighted by Crippen LogP contribution is -2.39. The molecule has 0 saturated heterocycles. The number of nitrogens with zero attached hydrogens (tertiary/aromatic N) is 3. The molecule has 0 aliphatic heterocycles. The van der Waals surface area contributed by atoms with Crippen molar-refractivity contribution in [3.63, 3.8) is 0 Å². The number of guanidine groups is 1. The number of pyridine rings is 2. The number of hydrogen-bond donors (Lipinski definition) is 4. The number of rotatable bonds is 10. The number of aliphatic imine (C=N–C) groups is 1. The quantitative estimate of drug-likeness (QED) is 0.270. The first-order chi connectivity index (χ1) is 13.2. The van der Waals surface area contributed by atoms with E-state index in [0.29, 0.717) is 22.9 Å². The first-order valence-electron chi connectivity index (χ1n) is 8.56. The summed E-state index contributed by atoms with van der Waals surface area (Å²) in [5.74, 6) is 4.36. The van der Waals surface area contributed by atoms with Crippen LogP contribution in [0.25, 0.3) is 0 Å². The second kappa shape index (κ2) is 12.3. The largest absolute Gasteiger partial charge is 0.506 e. The lowest BCUT2D eigenvalue weighted by atomic mass is 10.3. The summed E-state index contributed by atoms with van der Waals surface area (Å²) in [5, 5.41) is 25.9. The van der Waals surface area contributed by atoms with E-state index in [-0.39, 0.29) is 11.5 Å². The van der Waals surface area contributed by atoms with E-state index in [4.69, 9.17) is 0 Å². The second-order valence-corrected chi connectivity index (χ2v) is 7.68. The van der Waals surface area contributed by atoms with Crippen LogP contribution in [-0.4, -0.2) is 57.8 Å². The van der Waals surface area contributed by atoms with Crippen LogP contribution in [0.15, 0.2) is 41.7 Å². The fourth-order valence-corrected chi connectivity index (χ4v) is 3.74. The van der Waals surface area contributed by atoms with Crippen LogP contribution in [0, 0.1) is 0 Å². The maximum Gasteiger partial charge on any atom is 0.191 e. The molecule has 2 aromatic rings. The highest BCUT2D eigenvalue weighted by Crippen LogP contribution is 2.19. The summed E-state index contributed by atoms with van der Waals surface area (Å²) in [6.45, 7) is 1.54. The molecule has 0 radical (unpaired) electrons. The van der Waals surface area contributed by atoms with Gasteiger partial charge in [-0.15, -0.1) is 0 Å². The highest BCUT2D eigenvalue weighted by molar-refractivity contribution is 7.98. The Balaban J connectivity index is 1.54. The fraction of sp³-hybridized carbons (Fsp3) is 0.389. The van der Waals surface area contributed by atoms with Gasteiger partial charge in [-0.05, 0) is 24.3 Å². The van der Waals surface area contributed by atoms with Crippen molar-refractivity contribution in [3.05, 3.63) is 48.0 Å². The predicted octanol–water partition coefficient (Wildman–Crippen LogP) is 2.22. The molecule has 0 atom stereocenters. The normalized spacial score (nSPS) is 10.4. The second-order valence-electron chi connectivity index (χ2n) is 5.47. The van der Waals surface area contributed by atoms with Crippen molar-refractivity contribution < 1.29 is 10.2 Å². The van der Waals surface area contributed by atoms with Gasteiger partial charge in [0.1, 0.15) is 11.5 Å². The van der Waals surface area contributed by atoms with Gasteiger partial charge in [-0.1, -0.05) is 0 Å². The molecule has 7 nitrogen and oxygen atoms in total. The highest BCUT2D eigenvalue weighted by atomic mass is 32.2. The molecule has 0 aliphatic rings. The molecular formula is C18H25N5O2S2. The van der Waals surface area contributed by atoms with Gasteiger partial charge < -0.3 is 20.8 Å². The van der Waals surface area contributed by atoms with Crippen molar-refractivity contribution >= 4 is 29.5 Å². The van der Waals surface area contributed by atoms with Crippen molar-refractivity contribution in [2.24, 2.45) is 4.99 Å². The van der Waals surface area contributed by atoms with Gasteiger partial charge in [0.2, 0.25) is 0 Å². The first kappa shape index (κ1) is 21.2. The van der Waals surface area contributed by atoms with Gasteiger partial charge in [0, 0.05) is 55.5 Å². The maximum absolute atomic E-state index is 9.68. The van der Waals surface area contributed by atoms with Crippen molar-refractivity contribution in [1.82, 2.24) is 20.6 Å². The molecular weight excluding hydrogens is 382 g/mol. The zero-order chi connectivity index (χ0) is 19.3. The molecule has 0 aromatic carbocycles. The first-order valence-corrected chi connectivity index (χ1v) is 10.9. The lowest BCUT2D eigenvalue weighted by molar-refractivity contribution is 0.466. The van der Waals surface area contributed by atoms with Crippen LogP contribution < -0.4 is 10.6 Å². The molecule has 0 saturated carbocycles. The van der Waals surface area contributed by atoms with Gasteiger partial charge in [-0.2, -0.15) is 23.5 Å². The molecule has 2 aromatic heterocycles. The van der Waals surface area contributed by atoms with E-state index in [0.717, 1.165) is 30.6 Å². The average molecular weight is 408 g/mol. The minimum atomic E-state index is 0.243. The molecule has 146 valence electrons. The fourth-order valence-electron chi connectivity index (χ4n) is 2.12. The minimum absolute atomic E-state index is 0.243. The Labute approximate surface area is 168 Å². The monoisotopic (exact) mass is 407 g/mol. The average Bonchev–Trinajstić information content (AvgIpc) is 2.68. The third-order valence-corrected chi connectivity index (χ3v) is 5.45. The Morgan fingerprint density at radius 1 is 0.926 bits per heavy atom. The molecule has 0 aliphatic carbocycles. The topological polar surface area (TPSA) is 103 Å². The third-order valence-electron chi connectivity index (χ3n) is 3.51. The number of hydrogen-bond acceptors (Lipinski definition) is 7. The van der Waals surface area contributed by atoms with E-state index in [9.17, 15) is 10.2 Å². The molecule has 0 spiro atoms. The SMILES string of the molecule is CN=C(NCCSCc1ncccc1O)NCCSCc1ncccc1O. The zero-order valence-electron chi connectivity index (χ0n) is 15.3. The van der Waals surface area contributed by atoms with Crippen LogP contribution >= 0.6 is 23.5 Å². The van der Waals surface area contributed by atoms with Crippen LogP contribution in [0.3, 0.4) is 0 Å². The number of aromatic hydroxyl groups is 2. The lowest BCUT2D eigenvalue weighted by Gasteiger charge is -2.11. The summed E-state index contributed by atoms with van der Waals surface area (Å²) in [4.78, 5) is 12.5. The van der Waals surface area contributed by atoms with Gasteiger partial charge in [-0.3, -0.25) is 15.0 Å². The highest BCUT2D eigenvalue weighted by Gasteiger charge is 2.03. The standard InChI is InChI=1S/C18H25N5O2S2/c1-19-18(22-8-10-26-12-14-16(24)4-2-6-20-14)23-9-11-27-13-15-17(25)5-3-7-21-15/h2-7,24-25H,8-13H2,1H3,(H2,19,22,23). The maximum atomic E-state index is 9.68. The summed E-state index contributed by atoms with van der Waals surface area (Å²) < 4.78 is 0. The van der Waals surface area contributed by atoms with E-state index in [1.54, 1.807) is 67.2 Å². The molecule has 2 rings (SSSR count). The molecule has 0 bridgehead atoms. The van der Waals surface area contributed by atoms with Crippen LogP contribution in [0.4, 0.5) is 0 Å². The summed E-state index contributed by atoms with van der Waals surface area (Å²) >= 11 is 3.40. The van der Waals surface area contributed by atoms with E-state index in [1.807, 2.05) is 0 Å². The van der Waals surface area contributed by atoms with Crippen LogP contribution in [0.2, 0.25) is 0 Å². The Morgan fingerprint density at radius 3 is 1.81 bits per heavy atom. The minimum Gasteiger partial charge on any atom is -0.506 e. The smallest absolute Gasteiger partial charge is 0.191 e. The van der Waals surface area contributed by atoms with Crippen molar-refractivity contribution in [2.75, 3.05) is 31.6 Å². The van der Waals surface area contributed by atoms with Crippen molar-refractivity contribution in [2.45, 2.75) is 11.5 Å². The van der Waals surface area contributed by atoms with Gasteiger partial charge in [0.15, 0.2) is 5.96 Å². The Hall–Kier alpha value is -2.13. The Morgan fingerprint density at radius 2 is 1.41 bits per heavy atom. The Kier molecular flexibility index (Phi) is 9.64. The van der Waals surface area contributed by atoms with E-state index in [1.165, 1.54) is 0 Å². The number of aromatic nitrogens is 2. The third kappa shape index (κ3) is 7.96. The summed E-state index contributed by atoms with van der Waals surface area (Å²) in [6.07, 6.45) is 3.37. The predicted molar refractivity (Wildman–Crippen MR) is 113 cm³/mol. The van der Waals surface area contributed by atoms with Gasteiger partial charge in [0.25, 0.3) is 0 Å². The van der Waals surface area contributed by atoms with Crippen LogP contribution in [0.1, 0.15) is 11.4 Å². The van der Waals surface area contributed by atoms with Gasteiger partial charge >= 0.3 is 0 Å². The molecule has 4 N–H and O–H groups in total. The van der Waals surface area contributed by atoms with Gasteiger partial charge in [0.05, 0.1) is 11.4 Å². The molecule has 0 amide bonds. The molecule has 0 fully saturated rings.